The molecule has 2 fully saturated rings. The molecule has 0 radical (unpaired) electrons. The van der Waals surface area contributed by atoms with Crippen LogP contribution in [0.4, 0.5) is 4.39 Å². The number of thioether (sulfide) groups is 1. The molecule has 2 aromatic rings. The van der Waals surface area contributed by atoms with Gasteiger partial charge in [-0.3, -0.25) is 9.59 Å². The molecule has 0 aromatic heterocycles. The molecule has 2 aromatic carbocycles. The van der Waals surface area contributed by atoms with Gasteiger partial charge < -0.3 is 10.2 Å². The number of nitrogens with zero attached hydrogens (tertiary/aromatic N) is 1. The van der Waals surface area contributed by atoms with Gasteiger partial charge in [0.2, 0.25) is 5.91 Å². The van der Waals surface area contributed by atoms with Gasteiger partial charge in [-0.05, 0) is 42.7 Å². The molecule has 1 heterocycles. The van der Waals surface area contributed by atoms with Crippen molar-refractivity contribution in [2.75, 3.05) is 5.75 Å². The highest BCUT2D eigenvalue weighted by Crippen LogP contribution is 2.43. The normalized spacial score (nSPS) is 22.1. The smallest absolute Gasteiger partial charge is 0.257 e. The first kappa shape index (κ1) is 21.2. The molecule has 0 bridgehead atoms. The van der Waals surface area contributed by atoms with E-state index in [1.54, 1.807) is 41.3 Å². The van der Waals surface area contributed by atoms with E-state index in [9.17, 15) is 14.0 Å². The zero-order chi connectivity index (χ0) is 21.1. The Morgan fingerprint density at radius 3 is 2.57 bits per heavy atom. The lowest BCUT2D eigenvalue weighted by atomic mass is 9.95. The molecule has 2 unspecified atom stereocenters. The molecule has 1 N–H and O–H groups in total. The van der Waals surface area contributed by atoms with Crippen molar-refractivity contribution < 1.29 is 14.0 Å². The van der Waals surface area contributed by atoms with Crippen molar-refractivity contribution in [3.63, 3.8) is 0 Å². The van der Waals surface area contributed by atoms with E-state index in [1.165, 1.54) is 30.3 Å². The van der Waals surface area contributed by atoms with Gasteiger partial charge in [0.1, 0.15) is 17.2 Å². The summed E-state index contributed by atoms with van der Waals surface area (Å²) in [7, 11) is 0. The maximum Gasteiger partial charge on any atom is 0.257 e. The summed E-state index contributed by atoms with van der Waals surface area (Å²) in [6.07, 6.45) is 5.36. The number of carbonyl (C=O) groups is 2. The van der Waals surface area contributed by atoms with Crippen LogP contribution in [0.2, 0.25) is 5.02 Å². The highest BCUT2D eigenvalue weighted by atomic mass is 35.5. The molecule has 2 aliphatic rings. The maximum absolute atomic E-state index is 13.9. The Labute approximate surface area is 185 Å². The van der Waals surface area contributed by atoms with Crippen LogP contribution < -0.4 is 5.32 Å². The molecule has 2 amide bonds. The predicted molar refractivity (Wildman–Crippen MR) is 118 cm³/mol. The number of hydrogen-bond acceptors (Lipinski definition) is 3. The maximum atomic E-state index is 13.9. The van der Waals surface area contributed by atoms with Gasteiger partial charge in [0, 0.05) is 11.8 Å². The molecule has 1 saturated heterocycles. The number of rotatable bonds is 4. The van der Waals surface area contributed by atoms with Crippen molar-refractivity contribution >= 4 is 35.2 Å². The van der Waals surface area contributed by atoms with E-state index in [-0.39, 0.29) is 23.7 Å². The lowest BCUT2D eigenvalue weighted by Crippen LogP contribution is -2.50. The Morgan fingerprint density at radius 2 is 1.83 bits per heavy atom. The third-order valence-corrected chi connectivity index (χ3v) is 7.38. The average Bonchev–Trinajstić information content (AvgIpc) is 3.20. The van der Waals surface area contributed by atoms with Crippen molar-refractivity contribution in [3.05, 3.63) is 70.5 Å². The molecule has 4 nitrogen and oxygen atoms in total. The molecule has 4 rings (SSSR count). The summed E-state index contributed by atoms with van der Waals surface area (Å²) in [5.41, 5.74) is 1.01. The molecule has 1 aliphatic heterocycles. The summed E-state index contributed by atoms with van der Waals surface area (Å²) in [5.74, 6) is -0.374. The van der Waals surface area contributed by atoms with E-state index in [0.29, 0.717) is 21.9 Å². The molecule has 30 heavy (non-hydrogen) atoms. The summed E-state index contributed by atoms with van der Waals surface area (Å²) in [4.78, 5) is 28.2. The van der Waals surface area contributed by atoms with Gasteiger partial charge in [0.25, 0.3) is 5.91 Å². The van der Waals surface area contributed by atoms with Crippen LogP contribution in [0.25, 0.3) is 0 Å². The van der Waals surface area contributed by atoms with Crippen LogP contribution >= 0.6 is 23.4 Å². The second kappa shape index (κ2) is 9.40. The number of benzene rings is 2. The summed E-state index contributed by atoms with van der Waals surface area (Å²) in [6, 6.07) is 12.6. The van der Waals surface area contributed by atoms with E-state index in [0.717, 1.165) is 25.7 Å². The molecule has 0 spiro atoms. The second-order valence-electron chi connectivity index (χ2n) is 7.79. The molecular weight excluding hydrogens is 423 g/mol. The van der Waals surface area contributed by atoms with E-state index < -0.39 is 11.4 Å². The first-order valence-corrected chi connectivity index (χ1v) is 11.7. The van der Waals surface area contributed by atoms with Gasteiger partial charge >= 0.3 is 0 Å². The zero-order valence-electron chi connectivity index (χ0n) is 16.5. The fourth-order valence-corrected chi connectivity index (χ4v) is 5.83. The van der Waals surface area contributed by atoms with Crippen molar-refractivity contribution in [1.29, 1.82) is 0 Å². The molecule has 7 heteroatoms. The van der Waals surface area contributed by atoms with Crippen LogP contribution in [0.15, 0.2) is 48.5 Å². The number of nitrogens with one attached hydrogen (secondary N) is 1. The summed E-state index contributed by atoms with van der Waals surface area (Å²) in [5, 5.41) is 3.03. The van der Waals surface area contributed by atoms with E-state index >= 15 is 0 Å². The van der Waals surface area contributed by atoms with Gasteiger partial charge in [0.15, 0.2) is 0 Å². The van der Waals surface area contributed by atoms with Crippen molar-refractivity contribution in [3.8, 4) is 0 Å². The zero-order valence-corrected chi connectivity index (χ0v) is 18.1. The minimum Gasteiger partial charge on any atom is -0.352 e. The van der Waals surface area contributed by atoms with Gasteiger partial charge in [-0.2, -0.15) is 0 Å². The Bertz CT molecular complexity index is 935. The summed E-state index contributed by atoms with van der Waals surface area (Å²) in [6.45, 7) is 0. The van der Waals surface area contributed by atoms with Crippen LogP contribution in [0.5, 0.6) is 0 Å². The molecular formula is C23H24ClFN2O2S. The first-order valence-electron chi connectivity index (χ1n) is 10.3. The quantitative estimate of drug-likeness (QED) is 0.703. The van der Waals surface area contributed by atoms with E-state index in [2.05, 4.69) is 5.32 Å². The van der Waals surface area contributed by atoms with E-state index in [1.807, 2.05) is 0 Å². The highest BCUT2D eigenvalue weighted by molar-refractivity contribution is 7.99. The molecule has 1 aliphatic carbocycles. The Morgan fingerprint density at radius 1 is 1.07 bits per heavy atom. The van der Waals surface area contributed by atoms with Crippen molar-refractivity contribution in [1.82, 2.24) is 10.2 Å². The third kappa shape index (κ3) is 4.49. The fourth-order valence-electron chi connectivity index (χ4n) is 4.19. The largest absolute Gasteiger partial charge is 0.352 e. The Kier molecular flexibility index (Phi) is 6.64. The lowest BCUT2D eigenvalue weighted by molar-refractivity contribution is -0.125. The van der Waals surface area contributed by atoms with Crippen LogP contribution in [-0.2, 0) is 4.79 Å². The van der Waals surface area contributed by atoms with Crippen molar-refractivity contribution in [2.45, 2.75) is 49.6 Å². The summed E-state index contributed by atoms with van der Waals surface area (Å²) >= 11 is 7.76. The topological polar surface area (TPSA) is 49.4 Å². The number of amides is 2. The van der Waals surface area contributed by atoms with Gasteiger partial charge in [-0.15, -0.1) is 11.8 Å². The number of carbonyl (C=O) groups excluding carboxylic acids is 2. The molecule has 1 saturated carbocycles. The van der Waals surface area contributed by atoms with Gasteiger partial charge in [0.05, 0.1) is 10.6 Å². The van der Waals surface area contributed by atoms with Crippen molar-refractivity contribution in [2.24, 2.45) is 0 Å². The van der Waals surface area contributed by atoms with E-state index in [4.69, 9.17) is 11.6 Å². The Hall–Kier alpha value is -2.05. The Balaban J connectivity index is 1.64. The standard InChI is InChI=1S/C23H24ClFN2O2S/c24-19-12-5-4-11-18(19)22(29)27-20(21(28)26-17-9-2-1-3-10-17)14-30-23(27)15-7-6-8-16(25)13-15/h4-8,11-13,17,20,23H,1-3,9-10,14H2,(H,26,28). The third-order valence-electron chi connectivity index (χ3n) is 5.73. The first-order chi connectivity index (χ1) is 14.5. The minimum atomic E-state index is -0.631. The average molecular weight is 447 g/mol. The molecule has 2 atom stereocenters. The van der Waals surface area contributed by atoms with Gasteiger partial charge in [-0.25, -0.2) is 4.39 Å². The fraction of sp³-hybridized carbons (Fsp3) is 0.391. The second-order valence-corrected chi connectivity index (χ2v) is 9.31. The highest BCUT2D eigenvalue weighted by Gasteiger charge is 2.43. The van der Waals surface area contributed by atoms with Crippen LogP contribution in [-0.4, -0.2) is 34.6 Å². The number of halogens is 2. The van der Waals surface area contributed by atoms with Gasteiger partial charge in [-0.1, -0.05) is 55.1 Å². The monoisotopic (exact) mass is 446 g/mol. The molecule has 158 valence electrons. The predicted octanol–water partition coefficient (Wildman–Crippen LogP) is 5.18. The number of hydrogen-bond donors (Lipinski definition) is 1. The minimum absolute atomic E-state index is 0.145. The lowest BCUT2D eigenvalue weighted by Gasteiger charge is -2.31. The SMILES string of the molecule is O=C(NC1CCCCC1)C1CSC(c2cccc(F)c2)N1C(=O)c1ccccc1Cl. The summed E-state index contributed by atoms with van der Waals surface area (Å²) < 4.78 is 13.9. The van der Waals surface area contributed by atoms with Crippen LogP contribution in [0.3, 0.4) is 0 Å². The van der Waals surface area contributed by atoms with Crippen LogP contribution in [0, 0.1) is 5.82 Å². The van der Waals surface area contributed by atoms with Crippen LogP contribution in [0.1, 0.15) is 53.4 Å².